The summed E-state index contributed by atoms with van der Waals surface area (Å²) in [7, 11) is 0. The van der Waals surface area contributed by atoms with Gasteiger partial charge < -0.3 is 5.32 Å². The number of halogens is 3. The van der Waals surface area contributed by atoms with Gasteiger partial charge in [-0.25, -0.2) is 4.98 Å². The first kappa shape index (κ1) is 16.8. The van der Waals surface area contributed by atoms with Crippen LogP contribution in [0.3, 0.4) is 0 Å². The molecule has 4 rings (SSSR count). The SMILES string of the molecule is [2H]C([2H])([2H])NC(=O)c1cccc(Cn2cnc3cc(-c4cn[nH]c4C(F)(F)F)ccc3c2=O)c1. The van der Waals surface area contributed by atoms with Crippen molar-refractivity contribution < 1.29 is 22.1 Å². The van der Waals surface area contributed by atoms with Crippen LogP contribution in [-0.2, 0) is 12.7 Å². The molecule has 2 heterocycles. The minimum Gasteiger partial charge on any atom is -0.355 e. The van der Waals surface area contributed by atoms with Gasteiger partial charge in [-0.1, -0.05) is 18.2 Å². The van der Waals surface area contributed by atoms with E-state index in [0.29, 0.717) is 5.56 Å². The molecule has 2 N–H and O–H groups in total. The van der Waals surface area contributed by atoms with E-state index in [1.54, 1.807) is 12.1 Å². The van der Waals surface area contributed by atoms with E-state index in [2.05, 4.69) is 10.1 Å². The molecule has 1 amide bonds. The average molecular weight is 430 g/mol. The minimum atomic E-state index is -4.62. The third-order valence-corrected chi connectivity index (χ3v) is 4.71. The van der Waals surface area contributed by atoms with Crippen LogP contribution in [0.25, 0.3) is 22.0 Å². The number of nitrogens with one attached hydrogen (secondary N) is 2. The lowest BCUT2D eigenvalue weighted by Crippen LogP contribution is -2.22. The van der Waals surface area contributed by atoms with Crippen molar-refractivity contribution in [1.29, 1.82) is 0 Å². The Labute approximate surface area is 177 Å². The molecule has 0 aliphatic heterocycles. The van der Waals surface area contributed by atoms with Crippen molar-refractivity contribution in [2.45, 2.75) is 12.7 Å². The Kier molecular flexibility index (Phi) is 4.18. The van der Waals surface area contributed by atoms with Crippen molar-refractivity contribution in [3.8, 4) is 11.1 Å². The first-order valence-corrected chi connectivity index (χ1v) is 8.94. The normalized spacial score (nSPS) is 13.5. The fraction of sp³-hybridized carbons (Fsp3) is 0.143. The molecule has 0 saturated heterocycles. The summed E-state index contributed by atoms with van der Waals surface area (Å²) in [6, 6.07) is 10.3. The Morgan fingerprint density at radius 3 is 2.87 bits per heavy atom. The molecule has 0 radical (unpaired) electrons. The van der Waals surface area contributed by atoms with Crippen molar-refractivity contribution in [2.24, 2.45) is 0 Å². The van der Waals surface area contributed by atoms with Gasteiger partial charge in [-0.2, -0.15) is 18.3 Å². The Morgan fingerprint density at radius 2 is 2.10 bits per heavy atom. The van der Waals surface area contributed by atoms with Gasteiger partial charge in [-0.05, 0) is 35.4 Å². The number of fused-ring (bicyclic) bond motifs is 1. The Balaban J connectivity index is 1.64. The number of hydrogen-bond acceptors (Lipinski definition) is 4. The second-order valence-electron chi connectivity index (χ2n) is 6.72. The van der Waals surface area contributed by atoms with Crippen LogP contribution in [-0.4, -0.2) is 32.6 Å². The molecule has 0 fully saturated rings. The third kappa shape index (κ3) is 3.91. The summed E-state index contributed by atoms with van der Waals surface area (Å²) in [5.74, 6) is -0.782. The van der Waals surface area contributed by atoms with Crippen molar-refractivity contribution >= 4 is 16.8 Å². The summed E-state index contributed by atoms with van der Waals surface area (Å²) in [5.41, 5.74) is -0.524. The van der Waals surface area contributed by atoms with E-state index < -0.39 is 30.3 Å². The zero-order valence-corrected chi connectivity index (χ0v) is 15.7. The van der Waals surface area contributed by atoms with Crippen molar-refractivity contribution in [3.63, 3.8) is 0 Å². The maximum Gasteiger partial charge on any atom is 0.433 e. The van der Waals surface area contributed by atoms with Crippen molar-refractivity contribution in [3.05, 3.63) is 82.2 Å². The molecule has 0 saturated carbocycles. The second kappa shape index (κ2) is 7.71. The fourth-order valence-electron chi connectivity index (χ4n) is 3.24. The average Bonchev–Trinajstić information content (AvgIpc) is 3.25. The van der Waals surface area contributed by atoms with Crippen LogP contribution in [0.1, 0.15) is 25.7 Å². The number of amides is 1. The van der Waals surface area contributed by atoms with Crippen LogP contribution in [0.4, 0.5) is 13.2 Å². The van der Waals surface area contributed by atoms with Gasteiger partial charge in [-0.15, -0.1) is 0 Å². The number of aromatic nitrogens is 4. The van der Waals surface area contributed by atoms with E-state index in [4.69, 9.17) is 4.11 Å². The zero-order chi connectivity index (χ0) is 24.7. The van der Waals surface area contributed by atoms with Gasteiger partial charge in [0.25, 0.3) is 11.5 Å². The smallest absolute Gasteiger partial charge is 0.355 e. The summed E-state index contributed by atoms with van der Waals surface area (Å²) in [4.78, 5) is 29.2. The number of benzene rings is 2. The zero-order valence-electron chi connectivity index (χ0n) is 18.7. The molecular formula is C21H16F3N5O2. The molecule has 10 heteroatoms. The van der Waals surface area contributed by atoms with Crippen LogP contribution < -0.4 is 10.9 Å². The maximum atomic E-state index is 13.2. The number of nitrogens with zero attached hydrogens (tertiary/aromatic N) is 3. The van der Waals surface area contributed by atoms with Gasteiger partial charge in [0.1, 0.15) is 5.69 Å². The number of aromatic amines is 1. The van der Waals surface area contributed by atoms with Crippen molar-refractivity contribution in [2.75, 3.05) is 6.98 Å². The van der Waals surface area contributed by atoms with E-state index in [1.165, 1.54) is 41.2 Å². The van der Waals surface area contributed by atoms with E-state index in [0.717, 1.165) is 6.20 Å². The second-order valence-corrected chi connectivity index (χ2v) is 6.72. The van der Waals surface area contributed by atoms with Crippen LogP contribution >= 0.6 is 0 Å². The van der Waals surface area contributed by atoms with Gasteiger partial charge >= 0.3 is 6.18 Å². The maximum absolute atomic E-state index is 13.2. The number of rotatable bonds is 4. The largest absolute Gasteiger partial charge is 0.433 e. The predicted molar refractivity (Wildman–Crippen MR) is 108 cm³/mol. The number of carbonyl (C=O) groups excluding carboxylic acids is 1. The highest BCUT2D eigenvalue weighted by molar-refractivity contribution is 5.94. The van der Waals surface area contributed by atoms with Gasteiger partial charge in [-0.3, -0.25) is 19.3 Å². The number of carbonyl (C=O) groups is 1. The molecule has 31 heavy (non-hydrogen) atoms. The summed E-state index contributed by atoms with van der Waals surface area (Å²) in [5, 5.41) is 7.50. The quantitative estimate of drug-likeness (QED) is 0.520. The molecule has 2 aromatic heterocycles. The molecule has 0 aliphatic carbocycles. The van der Waals surface area contributed by atoms with Crippen LogP contribution in [0, 0.1) is 0 Å². The number of alkyl halides is 3. The lowest BCUT2D eigenvalue weighted by molar-refractivity contribution is -0.140. The first-order chi connectivity index (χ1) is 15.9. The highest BCUT2D eigenvalue weighted by Gasteiger charge is 2.35. The van der Waals surface area contributed by atoms with Gasteiger partial charge in [0.2, 0.25) is 0 Å². The number of H-pyrrole nitrogens is 1. The summed E-state index contributed by atoms with van der Waals surface area (Å²) in [6.07, 6.45) is -2.31. The summed E-state index contributed by atoms with van der Waals surface area (Å²) < 4.78 is 62.2. The van der Waals surface area contributed by atoms with E-state index in [1.807, 2.05) is 10.4 Å². The molecular weight excluding hydrogens is 411 g/mol. The minimum absolute atomic E-state index is 0.0400. The molecule has 4 aromatic rings. The molecule has 158 valence electrons. The van der Waals surface area contributed by atoms with Crippen molar-refractivity contribution in [1.82, 2.24) is 25.1 Å². The molecule has 7 nitrogen and oxygen atoms in total. The summed E-state index contributed by atoms with van der Waals surface area (Å²) in [6.45, 7) is -2.60. The first-order valence-electron chi connectivity index (χ1n) is 10.4. The van der Waals surface area contributed by atoms with Crippen LogP contribution in [0.15, 0.2) is 59.8 Å². The molecule has 0 unspecified atom stereocenters. The molecule has 0 aliphatic rings. The summed E-state index contributed by atoms with van der Waals surface area (Å²) >= 11 is 0. The topological polar surface area (TPSA) is 92.7 Å². The molecule has 0 bridgehead atoms. The Bertz CT molecular complexity index is 1440. The predicted octanol–water partition coefficient (Wildman–Crippen LogP) is 3.21. The lowest BCUT2D eigenvalue weighted by atomic mass is 10.0. The molecule has 0 atom stereocenters. The van der Waals surface area contributed by atoms with E-state index in [-0.39, 0.29) is 34.1 Å². The highest BCUT2D eigenvalue weighted by atomic mass is 19.4. The molecule has 0 spiro atoms. The van der Waals surface area contributed by atoms with Gasteiger partial charge in [0.05, 0.1) is 30.0 Å². The Morgan fingerprint density at radius 1 is 1.26 bits per heavy atom. The standard InChI is InChI=1S/C21H16F3N5O2/c1-25-19(30)14-4-2-3-12(7-14)10-29-11-26-17-8-13(5-6-15(17)20(29)31)16-9-27-28-18(16)21(22,23)24/h2-9,11H,10H2,1H3,(H,25,30)(H,27,28)/i1D3. The highest BCUT2D eigenvalue weighted by Crippen LogP contribution is 2.35. The fourth-order valence-corrected chi connectivity index (χ4v) is 3.24. The lowest BCUT2D eigenvalue weighted by Gasteiger charge is -2.10. The van der Waals surface area contributed by atoms with Gasteiger partial charge in [0.15, 0.2) is 0 Å². The third-order valence-electron chi connectivity index (χ3n) is 4.71. The molecule has 2 aromatic carbocycles. The monoisotopic (exact) mass is 430 g/mol. The number of hydrogen-bond donors (Lipinski definition) is 2. The van der Waals surface area contributed by atoms with E-state index in [9.17, 15) is 22.8 Å². The van der Waals surface area contributed by atoms with E-state index >= 15 is 0 Å². The Hall–Kier alpha value is -3.95. The van der Waals surface area contributed by atoms with Gasteiger partial charge in [0, 0.05) is 22.2 Å². The van der Waals surface area contributed by atoms with Crippen LogP contribution in [0.5, 0.6) is 0 Å². The van der Waals surface area contributed by atoms with Crippen LogP contribution in [0.2, 0.25) is 0 Å².